The number of anilines is 1. The number of benzene rings is 3. The van der Waals surface area contributed by atoms with Gasteiger partial charge < -0.3 is 14.8 Å². The van der Waals surface area contributed by atoms with Crippen molar-refractivity contribution in [1.82, 2.24) is 0 Å². The third kappa shape index (κ3) is 4.81. The molecule has 0 saturated carbocycles. The number of ether oxygens (including phenoxy) is 2. The molecule has 0 aromatic heterocycles. The standard InChI is InChI=1S/C30H31ClN2O2/c1-4-34-28-17-20(16-26(31)30(28)35-5-2)18-32-22-12-10-21(11-13-22)29-24-8-6-7-23(24)25-15-19(3)9-14-27(25)33-29/h6-7,9-18,23-24,29,33H,4-5,8H2,1-3H3/t23-,24-,29-/m0/s1. The lowest BCUT2D eigenvalue weighted by Crippen LogP contribution is -2.29. The molecule has 0 saturated heterocycles. The average Bonchev–Trinajstić information content (AvgIpc) is 3.35. The zero-order valence-corrected chi connectivity index (χ0v) is 21.2. The normalized spacial score (nSPS) is 20.4. The molecule has 5 rings (SSSR count). The van der Waals surface area contributed by atoms with E-state index in [9.17, 15) is 0 Å². The summed E-state index contributed by atoms with van der Waals surface area (Å²) in [6.07, 6.45) is 7.62. The Morgan fingerprint density at radius 1 is 1.03 bits per heavy atom. The largest absolute Gasteiger partial charge is 0.490 e. The van der Waals surface area contributed by atoms with E-state index in [-0.39, 0.29) is 6.04 Å². The molecule has 0 fully saturated rings. The Kier molecular flexibility index (Phi) is 6.83. The lowest BCUT2D eigenvalue weighted by molar-refractivity contribution is 0.288. The van der Waals surface area contributed by atoms with Crippen LogP contribution in [-0.2, 0) is 0 Å². The number of halogens is 1. The summed E-state index contributed by atoms with van der Waals surface area (Å²) in [6, 6.07) is 19.3. The molecule has 1 heterocycles. The van der Waals surface area contributed by atoms with Gasteiger partial charge in [0.15, 0.2) is 11.5 Å². The van der Waals surface area contributed by atoms with Gasteiger partial charge in [0.25, 0.3) is 0 Å². The van der Waals surface area contributed by atoms with Crippen LogP contribution < -0.4 is 14.8 Å². The van der Waals surface area contributed by atoms with E-state index in [0.29, 0.717) is 41.6 Å². The summed E-state index contributed by atoms with van der Waals surface area (Å²) >= 11 is 6.45. The molecular weight excluding hydrogens is 456 g/mol. The highest BCUT2D eigenvalue weighted by molar-refractivity contribution is 6.32. The van der Waals surface area contributed by atoms with Crippen molar-refractivity contribution in [3.8, 4) is 11.5 Å². The summed E-state index contributed by atoms with van der Waals surface area (Å²) in [6.45, 7) is 7.10. The van der Waals surface area contributed by atoms with Crippen molar-refractivity contribution in [3.63, 3.8) is 0 Å². The minimum absolute atomic E-state index is 0.280. The van der Waals surface area contributed by atoms with Gasteiger partial charge in [0.05, 0.1) is 30.0 Å². The van der Waals surface area contributed by atoms with Crippen LogP contribution in [0.5, 0.6) is 11.5 Å². The number of hydrogen-bond acceptors (Lipinski definition) is 4. The third-order valence-electron chi connectivity index (χ3n) is 6.75. The van der Waals surface area contributed by atoms with E-state index in [0.717, 1.165) is 17.7 Å². The van der Waals surface area contributed by atoms with E-state index in [1.54, 1.807) is 0 Å². The molecule has 0 unspecified atom stereocenters. The van der Waals surface area contributed by atoms with E-state index in [1.165, 1.54) is 22.4 Å². The maximum Gasteiger partial charge on any atom is 0.179 e. The van der Waals surface area contributed by atoms with Crippen molar-refractivity contribution in [2.45, 2.75) is 39.2 Å². The van der Waals surface area contributed by atoms with Gasteiger partial charge in [-0.3, -0.25) is 4.99 Å². The van der Waals surface area contributed by atoms with Crippen molar-refractivity contribution in [3.05, 3.63) is 94.0 Å². The highest BCUT2D eigenvalue weighted by Gasteiger charge is 2.37. The maximum atomic E-state index is 6.45. The second-order valence-electron chi connectivity index (χ2n) is 9.11. The van der Waals surface area contributed by atoms with Gasteiger partial charge in [0.2, 0.25) is 0 Å². The zero-order valence-electron chi connectivity index (χ0n) is 20.4. The zero-order chi connectivity index (χ0) is 24.4. The fourth-order valence-corrected chi connectivity index (χ4v) is 5.44. The quantitative estimate of drug-likeness (QED) is 0.271. The predicted molar refractivity (Wildman–Crippen MR) is 145 cm³/mol. The lowest BCUT2D eigenvalue weighted by Gasteiger charge is -2.37. The van der Waals surface area contributed by atoms with Crippen molar-refractivity contribution >= 4 is 29.2 Å². The number of rotatable bonds is 7. The molecule has 0 radical (unpaired) electrons. The average molecular weight is 487 g/mol. The molecule has 3 atom stereocenters. The molecule has 35 heavy (non-hydrogen) atoms. The van der Waals surface area contributed by atoms with Crippen LogP contribution in [0, 0.1) is 12.8 Å². The minimum atomic E-state index is 0.280. The van der Waals surface area contributed by atoms with Crippen LogP contribution in [0.15, 0.2) is 71.7 Å². The van der Waals surface area contributed by atoms with E-state index < -0.39 is 0 Å². The Labute approximate surface area is 212 Å². The summed E-state index contributed by atoms with van der Waals surface area (Å²) in [5, 5.41) is 4.33. The van der Waals surface area contributed by atoms with Gasteiger partial charge in [-0.2, -0.15) is 0 Å². The Balaban J connectivity index is 1.36. The number of nitrogens with one attached hydrogen (secondary N) is 1. The van der Waals surface area contributed by atoms with Crippen LogP contribution in [0.1, 0.15) is 54.5 Å². The molecule has 4 nitrogen and oxygen atoms in total. The smallest absolute Gasteiger partial charge is 0.179 e. The summed E-state index contributed by atoms with van der Waals surface area (Å²) in [5.41, 5.74) is 7.02. The molecule has 0 spiro atoms. The van der Waals surface area contributed by atoms with Crippen LogP contribution in [0.4, 0.5) is 11.4 Å². The molecule has 1 N–H and O–H groups in total. The van der Waals surface area contributed by atoms with Gasteiger partial charge in [0, 0.05) is 17.8 Å². The molecule has 0 amide bonds. The monoisotopic (exact) mass is 486 g/mol. The van der Waals surface area contributed by atoms with E-state index in [4.69, 9.17) is 21.1 Å². The minimum Gasteiger partial charge on any atom is -0.490 e. The fourth-order valence-electron chi connectivity index (χ4n) is 5.17. The summed E-state index contributed by atoms with van der Waals surface area (Å²) in [7, 11) is 0. The molecule has 3 aromatic carbocycles. The topological polar surface area (TPSA) is 42.8 Å². The fraction of sp³-hybridized carbons (Fsp3) is 0.300. The second kappa shape index (κ2) is 10.2. The van der Waals surface area contributed by atoms with Crippen LogP contribution in [0.25, 0.3) is 0 Å². The Hall–Kier alpha value is -3.24. The van der Waals surface area contributed by atoms with Gasteiger partial charge in [0.1, 0.15) is 0 Å². The van der Waals surface area contributed by atoms with Crippen molar-refractivity contribution in [1.29, 1.82) is 0 Å². The predicted octanol–water partition coefficient (Wildman–Crippen LogP) is 8.02. The first-order chi connectivity index (χ1) is 17.1. The van der Waals surface area contributed by atoms with Gasteiger partial charge >= 0.3 is 0 Å². The first kappa shape index (κ1) is 23.5. The molecule has 180 valence electrons. The SMILES string of the molecule is CCOc1cc(C=Nc2ccc([C@@H]3Nc4ccc(C)cc4[C@H]4C=CC[C@@H]43)cc2)cc(Cl)c1OCC. The molecule has 0 bridgehead atoms. The summed E-state index contributed by atoms with van der Waals surface area (Å²) in [4.78, 5) is 4.68. The maximum absolute atomic E-state index is 6.45. The Morgan fingerprint density at radius 3 is 2.60 bits per heavy atom. The van der Waals surface area contributed by atoms with Gasteiger partial charge in [-0.1, -0.05) is 53.6 Å². The number of fused-ring (bicyclic) bond motifs is 3. The highest BCUT2D eigenvalue weighted by Crippen LogP contribution is 2.50. The second-order valence-corrected chi connectivity index (χ2v) is 9.52. The number of hydrogen-bond donors (Lipinski definition) is 1. The van der Waals surface area contributed by atoms with E-state index in [1.807, 2.05) is 32.2 Å². The lowest BCUT2D eigenvalue weighted by atomic mass is 9.76. The van der Waals surface area contributed by atoms with Gasteiger partial charge in [-0.05, 0) is 80.1 Å². The number of nitrogens with zero attached hydrogens (tertiary/aromatic N) is 1. The first-order valence-corrected chi connectivity index (χ1v) is 12.7. The summed E-state index contributed by atoms with van der Waals surface area (Å²) in [5.74, 6) is 2.21. The van der Waals surface area contributed by atoms with Gasteiger partial charge in [-0.25, -0.2) is 0 Å². The molecular formula is C30H31ClN2O2. The number of aliphatic imine (C=N–C) groups is 1. The van der Waals surface area contributed by atoms with E-state index in [2.05, 4.69) is 71.8 Å². The van der Waals surface area contributed by atoms with Crippen molar-refractivity contribution in [2.75, 3.05) is 18.5 Å². The van der Waals surface area contributed by atoms with Crippen molar-refractivity contribution < 1.29 is 9.47 Å². The summed E-state index contributed by atoms with van der Waals surface area (Å²) < 4.78 is 11.4. The van der Waals surface area contributed by atoms with Crippen LogP contribution in [0.3, 0.4) is 0 Å². The number of aryl methyl sites for hydroxylation is 1. The first-order valence-electron chi connectivity index (χ1n) is 12.3. The van der Waals surface area contributed by atoms with Crippen LogP contribution in [-0.4, -0.2) is 19.4 Å². The van der Waals surface area contributed by atoms with Crippen molar-refractivity contribution in [2.24, 2.45) is 10.9 Å². The molecule has 1 aliphatic heterocycles. The molecule has 5 heteroatoms. The third-order valence-corrected chi connectivity index (χ3v) is 7.03. The van der Waals surface area contributed by atoms with Crippen LogP contribution in [0.2, 0.25) is 5.02 Å². The van der Waals surface area contributed by atoms with Gasteiger partial charge in [-0.15, -0.1) is 0 Å². The number of allylic oxidation sites excluding steroid dienone is 2. The van der Waals surface area contributed by atoms with E-state index >= 15 is 0 Å². The molecule has 2 aliphatic rings. The Morgan fingerprint density at radius 2 is 1.83 bits per heavy atom. The Bertz CT molecular complexity index is 1270. The van der Waals surface area contributed by atoms with Crippen LogP contribution >= 0.6 is 11.6 Å². The highest BCUT2D eigenvalue weighted by atomic mass is 35.5. The molecule has 3 aromatic rings. The molecule has 1 aliphatic carbocycles.